The Bertz CT molecular complexity index is 432. The molecule has 2 N–H and O–H groups in total. The number of nitrogens with two attached hydrogens (primary N) is 1. The third-order valence-electron chi connectivity index (χ3n) is 1.65. The average Bonchev–Trinajstić information content (AvgIpc) is 2.19. The van der Waals surface area contributed by atoms with Crippen molar-refractivity contribution in [3.8, 4) is 17.6 Å². The van der Waals surface area contributed by atoms with Crippen molar-refractivity contribution in [1.82, 2.24) is 0 Å². The Kier molecular flexibility index (Phi) is 3.69. The number of carbonyl (C=O) groups excluding carboxylic acids is 1. The van der Waals surface area contributed by atoms with Crippen LogP contribution in [0.5, 0.6) is 5.75 Å². The molecule has 0 spiro atoms. The number of halogens is 1. The summed E-state index contributed by atoms with van der Waals surface area (Å²) in [5.41, 5.74) is 5.45. The topological polar surface area (TPSA) is 52.3 Å². The van der Waals surface area contributed by atoms with Crippen LogP contribution in [0.2, 0.25) is 0 Å². The molecule has 4 heteroatoms. The van der Waals surface area contributed by atoms with E-state index in [0.717, 1.165) is 0 Å². The van der Waals surface area contributed by atoms with E-state index in [2.05, 4.69) is 11.8 Å². The molecular formula is C11H10FNO2. The summed E-state index contributed by atoms with van der Waals surface area (Å²) in [6, 6.07) is 3.99. The van der Waals surface area contributed by atoms with Crippen LogP contribution in [0.4, 0.5) is 4.39 Å². The smallest absolute Gasteiger partial charge is 0.229 e. The van der Waals surface area contributed by atoms with Crippen LogP contribution >= 0.6 is 0 Å². The Morgan fingerprint density at radius 3 is 2.93 bits per heavy atom. The summed E-state index contributed by atoms with van der Waals surface area (Å²) in [5.74, 6) is 4.70. The molecule has 0 bridgehead atoms. The number of methoxy groups -OCH3 is 1. The predicted molar refractivity (Wildman–Crippen MR) is 53.6 cm³/mol. The lowest BCUT2D eigenvalue weighted by Gasteiger charge is -2.01. The molecule has 0 fully saturated rings. The van der Waals surface area contributed by atoms with Gasteiger partial charge in [0.2, 0.25) is 5.91 Å². The zero-order chi connectivity index (χ0) is 11.3. The maximum atomic E-state index is 12.8. The summed E-state index contributed by atoms with van der Waals surface area (Å²) in [6.07, 6.45) is -0.0273. The highest BCUT2D eigenvalue weighted by atomic mass is 19.1. The first-order valence-corrected chi connectivity index (χ1v) is 4.24. The fourth-order valence-corrected chi connectivity index (χ4v) is 0.995. The number of benzene rings is 1. The Morgan fingerprint density at radius 2 is 2.33 bits per heavy atom. The minimum atomic E-state index is -0.497. The molecule has 15 heavy (non-hydrogen) atoms. The van der Waals surface area contributed by atoms with E-state index >= 15 is 0 Å². The van der Waals surface area contributed by atoms with E-state index in [1.54, 1.807) is 0 Å². The quantitative estimate of drug-likeness (QED) is 0.737. The predicted octanol–water partition coefficient (Wildman–Crippen LogP) is 1.06. The molecule has 1 rings (SSSR count). The Balaban J connectivity index is 2.92. The van der Waals surface area contributed by atoms with Crippen LogP contribution in [-0.2, 0) is 4.79 Å². The van der Waals surface area contributed by atoms with Crippen molar-refractivity contribution >= 4 is 5.91 Å². The summed E-state index contributed by atoms with van der Waals surface area (Å²) in [4.78, 5) is 10.4. The van der Waals surface area contributed by atoms with Crippen LogP contribution in [0.25, 0.3) is 0 Å². The van der Waals surface area contributed by atoms with Crippen LogP contribution < -0.4 is 10.5 Å². The zero-order valence-electron chi connectivity index (χ0n) is 8.21. The van der Waals surface area contributed by atoms with Gasteiger partial charge in [0.05, 0.1) is 19.1 Å². The van der Waals surface area contributed by atoms with Gasteiger partial charge in [-0.25, -0.2) is 4.39 Å². The van der Waals surface area contributed by atoms with Crippen molar-refractivity contribution in [3.05, 3.63) is 29.6 Å². The number of carbonyl (C=O) groups is 1. The number of hydrogen-bond donors (Lipinski definition) is 1. The molecule has 0 saturated carbocycles. The van der Waals surface area contributed by atoms with Gasteiger partial charge in [-0.1, -0.05) is 11.8 Å². The highest BCUT2D eigenvalue weighted by Gasteiger charge is 2.01. The highest BCUT2D eigenvalue weighted by molar-refractivity contribution is 5.76. The third-order valence-corrected chi connectivity index (χ3v) is 1.65. The normalized spacial score (nSPS) is 8.93. The van der Waals surface area contributed by atoms with Crippen molar-refractivity contribution < 1.29 is 13.9 Å². The van der Waals surface area contributed by atoms with E-state index in [-0.39, 0.29) is 6.42 Å². The van der Waals surface area contributed by atoms with Gasteiger partial charge in [0, 0.05) is 6.07 Å². The number of hydrogen-bond acceptors (Lipinski definition) is 2. The summed E-state index contributed by atoms with van der Waals surface area (Å²) in [5, 5.41) is 0. The SMILES string of the molecule is COc1cc(F)ccc1C#CCC(N)=O. The minimum Gasteiger partial charge on any atom is -0.495 e. The second kappa shape index (κ2) is 5.01. The molecule has 0 heterocycles. The fourth-order valence-electron chi connectivity index (χ4n) is 0.995. The van der Waals surface area contributed by atoms with Crippen molar-refractivity contribution in [2.24, 2.45) is 5.73 Å². The van der Waals surface area contributed by atoms with Crippen LogP contribution in [0.15, 0.2) is 18.2 Å². The van der Waals surface area contributed by atoms with Gasteiger partial charge in [-0.05, 0) is 12.1 Å². The van der Waals surface area contributed by atoms with Gasteiger partial charge in [-0.15, -0.1) is 0 Å². The van der Waals surface area contributed by atoms with Crippen LogP contribution in [0.1, 0.15) is 12.0 Å². The summed E-state index contributed by atoms with van der Waals surface area (Å²) in [7, 11) is 1.42. The number of primary amides is 1. The molecular weight excluding hydrogens is 197 g/mol. The van der Waals surface area contributed by atoms with Gasteiger partial charge < -0.3 is 10.5 Å². The van der Waals surface area contributed by atoms with E-state index in [9.17, 15) is 9.18 Å². The maximum absolute atomic E-state index is 12.8. The average molecular weight is 207 g/mol. The highest BCUT2D eigenvalue weighted by Crippen LogP contribution is 2.18. The van der Waals surface area contributed by atoms with Crippen LogP contribution in [0.3, 0.4) is 0 Å². The molecule has 1 aromatic carbocycles. The lowest BCUT2D eigenvalue weighted by molar-refractivity contribution is -0.117. The van der Waals surface area contributed by atoms with Crippen LogP contribution in [-0.4, -0.2) is 13.0 Å². The van der Waals surface area contributed by atoms with Crippen molar-refractivity contribution in [2.45, 2.75) is 6.42 Å². The summed E-state index contributed by atoms with van der Waals surface area (Å²) >= 11 is 0. The third kappa shape index (κ3) is 3.31. The maximum Gasteiger partial charge on any atom is 0.229 e. The van der Waals surface area contributed by atoms with E-state index < -0.39 is 11.7 Å². The molecule has 0 aromatic heterocycles. The zero-order valence-corrected chi connectivity index (χ0v) is 8.21. The lowest BCUT2D eigenvalue weighted by atomic mass is 10.2. The van der Waals surface area contributed by atoms with Gasteiger partial charge >= 0.3 is 0 Å². The fraction of sp³-hybridized carbons (Fsp3) is 0.182. The minimum absolute atomic E-state index is 0.0273. The first kappa shape index (κ1) is 11.1. The molecule has 1 amide bonds. The van der Waals surface area contributed by atoms with Gasteiger partial charge in [0.15, 0.2) is 0 Å². The molecule has 0 saturated heterocycles. The largest absolute Gasteiger partial charge is 0.495 e. The summed E-state index contributed by atoms with van der Waals surface area (Å²) < 4.78 is 17.7. The lowest BCUT2D eigenvalue weighted by Crippen LogP contribution is -2.08. The molecule has 1 aromatic rings. The van der Waals surface area contributed by atoms with Crippen molar-refractivity contribution in [3.63, 3.8) is 0 Å². The molecule has 3 nitrogen and oxygen atoms in total. The molecule has 0 aliphatic rings. The number of ether oxygens (including phenoxy) is 1. The molecule has 0 radical (unpaired) electrons. The molecule has 0 aliphatic heterocycles. The van der Waals surface area contributed by atoms with E-state index in [0.29, 0.717) is 11.3 Å². The molecule has 0 aliphatic carbocycles. The summed E-state index contributed by atoms with van der Waals surface area (Å²) in [6.45, 7) is 0. The van der Waals surface area contributed by atoms with Gasteiger partial charge in [0.1, 0.15) is 11.6 Å². The standard InChI is InChI=1S/C11H10FNO2/c1-15-10-7-9(12)6-5-8(10)3-2-4-11(13)14/h5-7H,4H2,1H3,(H2,13,14). The van der Waals surface area contributed by atoms with Gasteiger partial charge in [0.25, 0.3) is 0 Å². The van der Waals surface area contributed by atoms with Crippen LogP contribution in [0, 0.1) is 17.7 Å². The second-order valence-electron chi connectivity index (χ2n) is 2.79. The van der Waals surface area contributed by atoms with Crippen molar-refractivity contribution in [2.75, 3.05) is 7.11 Å². The van der Waals surface area contributed by atoms with E-state index in [4.69, 9.17) is 10.5 Å². The second-order valence-corrected chi connectivity index (χ2v) is 2.79. The van der Waals surface area contributed by atoms with Gasteiger partial charge in [-0.3, -0.25) is 4.79 Å². The van der Waals surface area contributed by atoms with Crippen molar-refractivity contribution in [1.29, 1.82) is 0 Å². The molecule has 0 unspecified atom stereocenters. The van der Waals surface area contributed by atoms with E-state index in [1.807, 2.05) is 0 Å². The monoisotopic (exact) mass is 207 g/mol. The first-order valence-electron chi connectivity index (χ1n) is 4.24. The Labute approximate surface area is 87.0 Å². The van der Waals surface area contributed by atoms with E-state index in [1.165, 1.54) is 25.3 Å². The number of amides is 1. The number of rotatable bonds is 2. The molecule has 0 atom stereocenters. The van der Waals surface area contributed by atoms with Gasteiger partial charge in [-0.2, -0.15) is 0 Å². The first-order chi connectivity index (χ1) is 7.13. The Morgan fingerprint density at radius 1 is 1.60 bits per heavy atom. The Hall–Kier alpha value is -2.02. The molecule has 78 valence electrons.